The molecule has 110 valence electrons. The second kappa shape index (κ2) is 5.91. The SMILES string of the molecule is COC(=O)c1nc(N2CCC(C(C)C)C2)sc1C(C)=O. The van der Waals surface area contributed by atoms with Gasteiger partial charge in [-0.2, -0.15) is 0 Å². The molecule has 0 aliphatic carbocycles. The van der Waals surface area contributed by atoms with Gasteiger partial charge < -0.3 is 9.64 Å². The second-order valence-corrected chi connectivity index (χ2v) is 6.44. The van der Waals surface area contributed by atoms with Crippen LogP contribution in [0.1, 0.15) is 47.4 Å². The van der Waals surface area contributed by atoms with Crippen LogP contribution in [0.5, 0.6) is 0 Å². The molecule has 1 saturated heterocycles. The maximum atomic E-state index is 11.7. The Morgan fingerprint density at radius 2 is 2.15 bits per heavy atom. The van der Waals surface area contributed by atoms with Gasteiger partial charge in [0.1, 0.15) is 4.88 Å². The van der Waals surface area contributed by atoms with Gasteiger partial charge in [0.05, 0.1) is 7.11 Å². The number of methoxy groups -OCH3 is 1. The molecule has 0 N–H and O–H groups in total. The standard InChI is InChI=1S/C14H20N2O3S/c1-8(2)10-5-6-16(7-10)14-15-11(13(18)19-4)12(20-14)9(3)17/h8,10H,5-7H2,1-4H3. The van der Waals surface area contributed by atoms with E-state index in [0.717, 1.165) is 24.6 Å². The molecule has 1 aromatic rings. The van der Waals surface area contributed by atoms with Crippen molar-refractivity contribution in [3.05, 3.63) is 10.6 Å². The Hall–Kier alpha value is -1.43. The topological polar surface area (TPSA) is 59.5 Å². The number of esters is 1. The molecule has 0 saturated carbocycles. The van der Waals surface area contributed by atoms with Gasteiger partial charge in [0, 0.05) is 20.0 Å². The van der Waals surface area contributed by atoms with E-state index in [9.17, 15) is 9.59 Å². The predicted molar refractivity (Wildman–Crippen MR) is 78.6 cm³/mol. The maximum Gasteiger partial charge on any atom is 0.358 e. The minimum atomic E-state index is -0.544. The summed E-state index contributed by atoms with van der Waals surface area (Å²) in [6.45, 7) is 7.75. The number of carbonyl (C=O) groups is 2. The fourth-order valence-corrected chi connectivity index (χ4v) is 3.41. The summed E-state index contributed by atoms with van der Waals surface area (Å²) in [5.74, 6) is 0.583. The first-order valence-corrected chi connectivity index (χ1v) is 7.60. The van der Waals surface area contributed by atoms with Crippen LogP contribution in [0.2, 0.25) is 0 Å². The lowest BCUT2D eigenvalue weighted by Crippen LogP contribution is -2.21. The molecule has 2 heterocycles. The van der Waals surface area contributed by atoms with Crippen molar-refractivity contribution in [3.8, 4) is 0 Å². The number of carbonyl (C=O) groups excluding carboxylic acids is 2. The van der Waals surface area contributed by atoms with Gasteiger partial charge in [0.15, 0.2) is 16.6 Å². The molecule has 1 atom stereocenters. The van der Waals surface area contributed by atoms with Crippen LogP contribution in [0.15, 0.2) is 0 Å². The number of nitrogens with zero attached hydrogens (tertiary/aromatic N) is 2. The average Bonchev–Trinajstić information content (AvgIpc) is 3.03. The molecule has 1 fully saturated rings. The van der Waals surface area contributed by atoms with Crippen molar-refractivity contribution in [1.29, 1.82) is 0 Å². The van der Waals surface area contributed by atoms with Crippen LogP contribution in [0, 0.1) is 11.8 Å². The number of aromatic nitrogens is 1. The number of ether oxygens (including phenoxy) is 1. The highest BCUT2D eigenvalue weighted by Crippen LogP contribution is 2.33. The molecule has 0 spiro atoms. The molecule has 20 heavy (non-hydrogen) atoms. The highest BCUT2D eigenvalue weighted by atomic mass is 32.1. The lowest BCUT2D eigenvalue weighted by molar-refractivity contribution is 0.0591. The van der Waals surface area contributed by atoms with Crippen molar-refractivity contribution in [2.75, 3.05) is 25.1 Å². The summed E-state index contributed by atoms with van der Waals surface area (Å²) in [6.07, 6.45) is 1.13. The third-order valence-corrected chi connectivity index (χ3v) is 4.97. The summed E-state index contributed by atoms with van der Waals surface area (Å²) >= 11 is 1.29. The molecular weight excluding hydrogens is 276 g/mol. The fraction of sp³-hybridized carbons (Fsp3) is 0.643. The Morgan fingerprint density at radius 3 is 2.65 bits per heavy atom. The van der Waals surface area contributed by atoms with Crippen LogP contribution in [0.4, 0.5) is 5.13 Å². The molecule has 0 radical (unpaired) electrons. The van der Waals surface area contributed by atoms with E-state index in [1.54, 1.807) is 0 Å². The van der Waals surface area contributed by atoms with Crippen LogP contribution in [-0.2, 0) is 4.74 Å². The maximum absolute atomic E-state index is 11.7. The zero-order chi connectivity index (χ0) is 14.9. The second-order valence-electron chi connectivity index (χ2n) is 5.46. The molecule has 6 heteroatoms. The normalized spacial score (nSPS) is 18.6. The van der Waals surface area contributed by atoms with Gasteiger partial charge in [-0.25, -0.2) is 9.78 Å². The van der Waals surface area contributed by atoms with Gasteiger partial charge in [-0.3, -0.25) is 4.79 Å². The molecule has 5 nitrogen and oxygen atoms in total. The van der Waals surface area contributed by atoms with E-state index in [2.05, 4.69) is 23.7 Å². The summed E-state index contributed by atoms with van der Waals surface area (Å²) in [7, 11) is 1.30. The first-order chi connectivity index (χ1) is 9.43. The number of ketones is 1. The van der Waals surface area contributed by atoms with Crippen molar-refractivity contribution in [3.63, 3.8) is 0 Å². The van der Waals surface area contributed by atoms with Crippen LogP contribution in [-0.4, -0.2) is 36.9 Å². The zero-order valence-corrected chi connectivity index (χ0v) is 13.1. The quantitative estimate of drug-likeness (QED) is 0.631. The minimum Gasteiger partial charge on any atom is -0.464 e. The summed E-state index contributed by atoms with van der Waals surface area (Å²) in [5.41, 5.74) is 0.146. The van der Waals surface area contributed by atoms with E-state index < -0.39 is 5.97 Å². The molecule has 0 amide bonds. The zero-order valence-electron chi connectivity index (χ0n) is 12.3. The highest BCUT2D eigenvalue weighted by Gasteiger charge is 2.29. The molecule has 1 aliphatic heterocycles. The fourth-order valence-electron chi connectivity index (χ4n) is 2.42. The van der Waals surface area contributed by atoms with Crippen molar-refractivity contribution < 1.29 is 14.3 Å². The van der Waals surface area contributed by atoms with Crippen molar-refractivity contribution >= 4 is 28.2 Å². The largest absolute Gasteiger partial charge is 0.464 e. The van der Waals surface area contributed by atoms with Gasteiger partial charge in [0.25, 0.3) is 0 Å². The number of hydrogen-bond acceptors (Lipinski definition) is 6. The number of rotatable bonds is 4. The first-order valence-electron chi connectivity index (χ1n) is 6.79. The van der Waals surface area contributed by atoms with Crippen molar-refractivity contribution in [2.24, 2.45) is 11.8 Å². The van der Waals surface area contributed by atoms with E-state index >= 15 is 0 Å². The van der Waals surface area contributed by atoms with Gasteiger partial charge in [-0.15, -0.1) is 0 Å². The average molecular weight is 296 g/mol. The lowest BCUT2D eigenvalue weighted by Gasteiger charge is -2.16. The van der Waals surface area contributed by atoms with E-state index in [0.29, 0.717) is 16.7 Å². The van der Waals surface area contributed by atoms with Gasteiger partial charge >= 0.3 is 5.97 Å². The Balaban J connectivity index is 2.26. The first kappa shape index (κ1) is 15.0. The summed E-state index contributed by atoms with van der Waals surface area (Å²) < 4.78 is 4.70. The molecule has 1 aliphatic rings. The number of thiazole rings is 1. The van der Waals surface area contributed by atoms with Crippen molar-refractivity contribution in [1.82, 2.24) is 4.98 Å². The van der Waals surface area contributed by atoms with Crippen LogP contribution in [0.25, 0.3) is 0 Å². The molecular formula is C14H20N2O3S. The third-order valence-electron chi connectivity index (χ3n) is 3.75. The molecule has 0 aromatic carbocycles. The van der Waals surface area contributed by atoms with Crippen LogP contribution >= 0.6 is 11.3 Å². The minimum absolute atomic E-state index is 0.145. The monoisotopic (exact) mass is 296 g/mol. The molecule has 2 rings (SSSR count). The number of Topliss-reactive ketones (excluding diaryl/α,β-unsaturated/α-hetero) is 1. The highest BCUT2D eigenvalue weighted by molar-refractivity contribution is 7.17. The van der Waals surface area contributed by atoms with Gasteiger partial charge in [0.2, 0.25) is 0 Å². The van der Waals surface area contributed by atoms with E-state index in [1.807, 2.05) is 0 Å². The Bertz CT molecular complexity index is 524. The van der Waals surface area contributed by atoms with Gasteiger partial charge in [-0.1, -0.05) is 25.2 Å². The van der Waals surface area contributed by atoms with E-state index in [1.165, 1.54) is 25.4 Å². The third kappa shape index (κ3) is 2.85. The lowest BCUT2D eigenvalue weighted by atomic mass is 9.95. The number of hydrogen-bond donors (Lipinski definition) is 0. The number of anilines is 1. The molecule has 0 bridgehead atoms. The summed E-state index contributed by atoms with van der Waals surface area (Å²) in [5, 5.41) is 0.749. The summed E-state index contributed by atoms with van der Waals surface area (Å²) in [6, 6.07) is 0. The Morgan fingerprint density at radius 1 is 1.45 bits per heavy atom. The molecule has 1 aromatic heterocycles. The van der Waals surface area contributed by atoms with Gasteiger partial charge in [-0.05, 0) is 18.3 Å². The summed E-state index contributed by atoms with van der Waals surface area (Å²) in [4.78, 5) is 30.2. The van der Waals surface area contributed by atoms with Crippen LogP contribution in [0.3, 0.4) is 0 Å². The Kier molecular flexibility index (Phi) is 4.42. The van der Waals surface area contributed by atoms with Crippen molar-refractivity contribution in [2.45, 2.75) is 27.2 Å². The predicted octanol–water partition coefficient (Wildman–Crippen LogP) is 2.61. The molecule has 1 unspecified atom stereocenters. The van der Waals surface area contributed by atoms with E-state index in [4.69, 9.17) is 4.74 Å². The van der Waals surface area contributed by atoms with Crippen LogP contribution < -0.4 is 4.90 Å². The smallest absolute Gasteiger partial charge is 0.358 e. The Labute approximate surface area is 122 Å². The van der Waals surface area contributed by atoms with E-state index in [-0.39, 0.29) is 11.5 Å².